The van der Waals surface area contributed by atoms with Crippen LogP contribution >= 0.6 is 0 Å². The number of methoxy groups -OCH3 is 2. The maximum atomic E-state index is 8.98. The van der Waals surface area contributed by atoms with E-state index >= 15 is 0 Å². The third-order valence-electron chi connectivity index (χ3n) is 3.32. The summed E-state index contributed by atoms with van der Waals surface area (Å²) in [4.78, 5) is 2.15. The average molecular weight is 295 g/mol. The summed E-state index contributed by atoms with van der Waals surface area (Å²) in [7, 11) is 3.34. The van der Waals surface area contributed by atoms with Crippen molar-refractivity contribution in [2.24, 2.45) is 10.9 Å². The van der Waals surface area contributed by atoms with Crippen molar-refractivity contribution in [1.82, 2.24) is 0 Å². The minimum atomic E-state index is 0.0945. The standard InChI is InChI=1S/C15H25N3O3/c1-11-5-6-13(15(16)17-19)14(9-11)18(7-8-20-3)12(2)10-21-4/h5-6,9,12,19H,7-8,10H2,1-4H3,(H2,16,17). The second-order valence-corrected chi connectivity index (χ2v) is 5.00. The van der Waals surface area contributed by atoms with Crippen LogP contribution in [0.5, 0.6) is 0 Å². The zero-order valence-corrected chi connectivity index (χ0v) is 13.2. The Hall–Kier alpha value is -1.79. The van der Waals surface area contributed by atoms with E-state index in [4.69, 9.17) is 20.4 Å². The third kappa shape index (κ3) is 4.61. The van der Waals surface area contributed by atoms with Gasteiger partial charge in [0, 0.05) is 38.1 Å². The van der Waals surface area contributed by atoms with Gasteiger partial charge in [-0.25, -0.2) is 0 Å². The molecule has 0 fully saturated rings. The number of nitrogens with zero attached hydrogens (tertiary/aromatic N) is 2. The number of aryl methyl sites for hydroxylation is 1. The van der Waals surface area contributed by atoms with Gasteiger partial charge in [0.2, 0.25) is 0 Å². The van der Waals surface area contributed by atoms with Gasteiger partial charge in [0.25, 0.3) is 0 Å². The molecule has 0 amide bonds. The predicted molar refractivity (Wildman–Crippen MR) is 84.2 cm³/mol. The summed E-state index contributed by atoms with van der Waals surface area (Å²) in [6, 6.07) is 5.96. The molecule has 118 valence electrons. The van der Waals surface area contributed by atoms with E-state index in [9.17, 15) is 0 Å². The molecule has 0 saturated heterocycles. The van der Waals surface area contributed by atoms with Crippen molar-refractivity contribution in [2.45, 2.75) is 19.9 Å². The Labute approximate surface area is 126 Å². The molecule has 0 aromatic heterocycles. The molecule has 3 N–H and O–H groups in total. The van der Waals surface area contributed by atoms with Crippen molar-refractivity contribution in [3.05, 3.63) is 29.3 Å². The highest BCUT2D eigenvalue weighted by atomic mass is 16.5. The molecule has 0 bridgehead atoms. The molecule has 1 aromatic rings. The number of anilines is 1. The first-order valence-corrected chi connectivity index (χ1v) is 6.88. The number of amidine groups is 1. The zero-order valence-electron chi connectivity index (χ0n) is 13.2. The first-order chi connectivity index (χ1) is 10.0. The molecule has 0 aliphatic heterocycles. The van der Waals surface area contributed by atoms with Crippen molar-refractivity contribution in [3.63, 3.8) is 0 Å². The Balaban J connectivity index is 3.24. The molecular weight excluding hydrogens is 270 g/mol. The summed E-state index contributed by atoms with van der Waals surface area (Å²) >= 11 is 0. The molecule has 1 rings (SSSR count). The van der Waals surface area contributed by atoms with Gasteiger partial charge in [0.15, 0.2) is 5.84 Å². The fourth-order valence-electron chi connectivity index (χ4n) is 2.25. The Morgan fingerprint density at radius 1 is 1.38 bits per heavy atom. The third-order valence-corrected chi connectivity index (χ3v) is 3.32. The lowest BCUT2D eigenvalue weighted by atomic mass is 10.1. The fourth-order valence-corrected chi connectivity index (χ4v) is 2.25. The highest BCUT2D eigenvalue weighted by Gasteiger charge is 2.19. The maximum Gasteiger partial charge on any atom is 0.172 e. The molecular formula is C15H25N3O3. The lowest BCUT2D eigenvalue weighted by molar-refractivity contribution is 0.171. The van der Waals surface area contributed by atoms with Crippen LogP contribution in [-0.2, 0) is 9.47 Å². The number of rotatable bonds is 8. The Morgan fingerprint density at radius 3 is 2.67 bits per heavy atom. The molecule has 0 aliphatic carbocycles. The molecule has 0 aliphatic rings. The normalized spacial score (nSPS) is 13.2. The molecule has 1 atom stereocenters. The van der Waals surface area contributed by atoms with E-state index in [1.165, 1.54) is 0 Å². The van der Waals surface area contributed by atoms with Crippen LogP contribution in [0.4, 0.5) is 5.69 Å². The van der Waals surface area contributed by atoms with Crippen LogP contribution in [0, 0.1) is 6.92 Å². The first-order valence-electron chi connectivity index (χ1n) is 6.88. The number of oxime groups is 1. The molecule has 21 heavy (non-hydrogen) atoms. The minimum absolute atomic E-state index is 0.0945. The maximum absolute atomic E-state index is 8.98. The quantitative estimate of drug-likeness (QED) is 0.329. The van der Waals surface area contributed by atoms with Crippen LogP contribution < -0.4 is 10.6 Å². The smallest absolute Gasteiger partial charge is 0.172 e. The van der Waals surface area contributed by atoms with Crippen LogP contribution in [0.3, 0.4) is 0 Å². The van der Waals surface area contributed by atoms with Crippen molar-refractivity contribution in [2.75, 3.05) is 38.9 Å². The molecule has 0 heterocycles. The topological polar surface area (TPSA) is 80.3 Å². The van der Waals surface area contributed by atoms with E-state index < -0.39 is 0 Å². The number of ether oxygens (including phenoxy) is 2. The Bertz CT molecular complexity index is 477. The van der Waals surface area contributed by atoms with Crippen molar-refractivity contribution < 1.29 is 14.7 Å². The van der Waals surface area contributed by atoms with E-state index in [1.54, 1.807) is 14.2 Å². The second-order valence-electron chi connectivity index (χ2n) is 5.00. The van der Waals surface area contributed by atoms with Gasteiger partial charge in [0.1, 0.15) is 0 Å². The van der Waals surface area contributed by atoms with Crippen LogP contribution in [0.25, 0.3) is 0 Å². The van der Waals surface area contributed by atoms with Crippen molar-refractivity contribution in [3.8, 4) is 0 Å². The predicted octanol–water partition coefficient (Wildman–Crippen LogP) is 1.58. The summed E-state index contributed by atoms with van der Waals surface area (Å²) in [5, 5.41) is 12.1. The Morgan fingerprint density at radius 2 is 2.10 bits per heavy atom. The van der Waals surface area contributed by atoms with Crippen LogP contribution in [-0.4, -0.2) is 51.1 Å². The van der Waals surface area contributed by atoms with Gasteiger partial charge in [-0.1, -0.05) is 11.2 Å². The monoisotopic (exact) mass is 295 g/mol. The average Bonchev–Trinajstić information content (AvgIpc) is 2.47. The fraction of sp³-hybridized carbons (Fsp3) is 0.533. The van der Waals surface area contributed by atoms with E-state index in [-0.39, 0.29) is 11.9 Å². The minimum Gasteiger partial charge on any atom is -0.409 e. The summed E-state index contributed by atoms with van der Waals surface area (Å²) in [6.07, 6.45) is 0. The Kier molecular flexibility index (Phi) is 6.98. The number of hydrogen-bond donors (Lipinski definition) is 2. The van der Waals surface area contributed by atoms with E-state index in [0.717, 1.165) is 11.3 Å². The van der Waals surface area contributed by atoms with Gasteiger partial charge >= 0.3 is 0 Å². The molecule has 6 nitrogen and oxygen atoms in total. The molecule has 6 heteroatoms. The lowest BCUT2D eigenvalue weighted by Crippen LogP contribution is -2.40. The number of nitrogens with two attached hydrogens (primary N) is 1. The number of hydrogen-bond acceptors (Lipinski definition) is 5. The largest absolute Gasteiger partial charge is 0.409 e. The first kappa shape index (κ1) is 17.3. The van der Waals surface area contributed by atoms with Gasteiger partial charge in [0.05, 0.1) is 13.2 Å². The van der Waals surface area contributed by atoms with Gasteiger partial charge in [-0.05, 0) is 31.5 Å². The highest BCUT2D eigenvalue weighted by molar-refractivity contribution is 6.02. The van der Waals surface area contributed by atoms with Crippen LogP contribution in [0.2, 0.25) is 0 Å². The summed E-state index contributed by atoms with van der Waals surface area (Å²) < 4.78 is 10.4. The molecule has 1 unspecified atom stereocenters. The van der Waals surface area contributed by atoms with Gasteiger partial charge in [-0.3, -0.25) is 0 Å². The van der Waals surface area contributed by atoms with Crippen molar-refractivity contribution >= 4 is 11.5 Å². The summed E-state index contributed by atoms with van der Waals surface area (Å²) in [6.45, 7) is 5.92. The van der Waals surface area contributed by atoms with Crippen molar-refractivity contribution in [1.29, 1.82) is 0 Å². The SMILES string of the molecule is COCCN(c1cc(C)ccc1C(N)=NO)C(C)COC. The van der Waals surface area contributed by atoms with Gasteiger partial charge in [-0.2, -0.15) is 0 Å². The van der Waals surface area contributed by atoms with Crippen LogP contribution in [0.15, 0.2) is 23.4 Å². The second kappa shape index (κ2) is 8.49. The van der Waals surface area contributed by atoms with E-state index in [0.29, 0.717) is 25.3 Å². The molecule has 0 radical (unpaired) electrons. The van der Waals surface area contributed by atoms with E-state index in [1.807, 2.05) is 25.1 Å². The zero-order chi connectivity index (χ0) is 15.8. The lowest BCUT2D eigenvalue weighted by Gasteiger charge is -2.32. The summed E-state index contributed by atoms with van der Waals surface area (Å²) in [5.74, 6) is 0.0945. The highest BCUT2D eigenvalue weighted by Crippen LogP contribution is 2.24. The molecule has 0 spiro atoms. The number of benzene rings is 1. The van der Waals surface area contributed by atoms with Gasteiger partial charge < -0.3 is 25.3 Å². The van der Waals surface area contributed by atoms with E-state index in [2.05, 4.69) is 17.0 Å². The van der Waals surface area contributed by atoms with Gasteiger partial charge in [-0.15, -0.1) is 0 Å². The molecule has 0 saturated carbocycles. The summed E-state index contributed by atoms with van der Waals surface area (Å²) in [5.41, 5.74) is 8.51. The molecule has 1 aromatic carbocycles. The van der Waals surface area contributed by atoms with Crippen LogP contribution in [0.1, 0.15) is 18.1 Å².